The summed E-state index contributed by atoms with van der Waals surface area (Å²) in [5.74, 6) is 1.73. The monoisotopic (exact) mass is 240 g/mol. The number of nitrogens with one attached hydrogen (secondary N) is 1. The van der Waals surface area contributed by atoms with Gasteiger partial charge in [-0.2, -0.15) is 0 Å². The summed E-state index contributed by atoms with van der Waals surface area (Å²) in [6.45, 7) is 14.3. The van der Waals surface area contributed by atoms with E-state index >= 15 is 0 Å². The molecule has 1 rings (SSSR count). The molecule has 0 aliphatic carbocycles. The van der Waals surface area contributed by atoms with Crippen LogP contribution < -0.4 is 5.32 Å². The van der Waals surface area contributed by atoms with Crippen molar-refractivity contribution in [3.05, 3.63) is 0 Å². The van der Waals surface area contributed by atoms with E-state index in [-0.39, 0.29) is 0 Å². The lowest BCUT2D eigenvalue weighted by molar-refractivity contribution is 0.115. The number of rotatable bonds is 7. The van der Waals surface area contributed by atoms with Crippen molar-refractivity contribution in [3.63, 3.8) is 0 Å². The maximum absolute atomic E-state index is 3.58. The average molecular weight is 240 g/mol. The van der Waals surface area contributed by atoms with Gasteiger partial charge in [-0.15, -0.1) is 0 Å². The second-order valence-corrected chi connectivity index (χ2v) is 6.18. The van der Waals surface area contributed by atoms with Crippen LogP contribution in [0, 0.1) is 11.8 Å². The zero-order chi connectivity index (χ0) is 12.7. The van der Waals surface area contributed by atoms with Gasteiger partial charge in [0.2, 0.25) is 0 Å². The highest BCUT2D eigenvalue weighted by atomic mass is 15.2. The Kier molecular flexibility index (Phi) is 7.14. The molecule has 0 amide bonds. The van der Waals surface area contributed by atoms with Crippen molar-refractivity contribution >= 4 is 0 Å². The molecule has 0 aromatic heterocycles. The van der Waals surface area contributed by atoms with Crippen LogP contribution in [-0.2, 0) is 0 Å². The summed E-state index contributed by atoms with van der Waals surface area (Å²) in [5, 5.41) is 3.58. The number of piperidine rings is 1. The number of hydrogen-bond donors (Lipinski definition) is 1. The summed E-state index contributed by atoms with van der Waals surface area (Å²) < 4.78 is 0. The molecule has 0 aromatic rings. The van der Waals surface area contributed by atoms with Crippen LogP contribution in [0.15, 0.2) is 0 Å². The minimum absolute atomic E-state index is 0.779. The molecule has 0 bridgehead atoms. The Labute approximate surface area is 108 Å². The fraction of sp³-hybridized carbons (Fsp3) is 1.00. The Balaban J connectivity index is 2.02. The molecule has 0 saturated carbocycles. The minimum atomic E-state index is 0.779. The summed E-state index contributed by atoms with van der Waals surface area (Å²) in [7, 11) is 0. The van der Waals surface area contributed by atoms with Crippen molar-refractivity contribution in [2.24, 2.45) is 11.8 Å². The summed E-state index contributed by atoms with van der Waals surface area (Å²) >= 11 is 0. The molecular formula is C15H32N2. The molecule has 1 saturated heterocycles. The standard InChI is InChI=1S/C15H32N2/c1-13(2)7-5-9-16-10-12-17-11-6-8-14(3)15(17)4/h13-16H,5-12H2,1-4H3. The quantitative estimate of drug-likeness (QED) is 0.688. The first-order valence-electron chi connectivity index (χ1n) is 7.56. The Hall–Kier alpha value is -0.0800. The maximum atomic E-state index is 3.58. The highest BCUT2D eigenvalue weighted by molar-refractivity contribution is 4.78. The predicted molar refractivity (Wildman–Crippen MR) is 76.4 cm³/mol. The zero-order valence-corrected chi connectivity index (χ0v) is 12.3. The molecule has 1 aliphatic rings. The van der Waals surface area contributed by atoms with Crippen LogP contribution >= 0.6 is 0 Å². The Morgan fingerprint density at radius 2 is 2.00 bits per heavy atom. The van der Waals surface area contributed by atoms with Gasteiger partial charge in [0.15, 0.2) is 0 Å². The topological polar surface area (TPSA) is 15.3 Å². The molecule has 0 spiro atoms. The fourth-order valence-electron chi connectivity index (χ4n) is 2.72. The molecule has 2 heteroatoms. The van der Waals surface area contributed by atoms with Crippen LogP contribution in [0.4, 0.5) is 0 Å². The average Bonchev–Trinajstić information content (AvgIpc) is 2.28. The third-order valence-electron chi connectivity index (χ3n) is 4.22. The maximum Gasteiger partial charge on any atom is 0.0110 e. The zero-order valence-electron chi connectivity index (χ0n) is 12.3. The highest BCUT2D eigenvalue weighted by Crippen LogP contribution is 2.21. The van der Waals surface area contributed by atoms with Crippen LogP contribution in [0.2, 0.25) is 0 Å². The molecule has 2 atom stereocenters. The van der Waals surface area contributed by atoms with Crippen LogP contribution in [0.5, 0.6) is 0 Å². The molecular weight excluding hydrogens is 208 g/mol. The van der Waals surface area contributed by atoms with Crippen LogP contribution in [0.25, 0.3) is 0 Å². The number of hydrogen-bond acceptors (Lipinski definition) is 2. The van der Waals surface area contributed by atoms with E-state index in [1.807, 2.05) is 0 Å². The van der Waals surface area contributed by atoms with Gasteiger partial charge >= 0.3 is 0 Å². The summed E-state index contributed by atoms with van der Waals surface area (Å²) in [6.07, 6.45) is 5.48. The number of nitrogens with zero attached hydrogens (tertiary/aromatic N) is 1. The Bertz CT molecular complexity index is 191. The van der Waals surface area contributed by atoms with Crippen molar-refractivity contribution in [1.29, 1.82) is 0 Å². The lowest BCUT2D eigenvalue weighted by Gasteiger charge is -2.37. The van der Waals surface area contributed by atoms with Crippen LogP contribution in [0.1, 0.15) is 53.4 Å². The molecule has 2 nitrogen and oxygen atoms in total. The minimum Gasteiger partial charge on any atom is -0.315 e. The van der Waals surface area contributed by atoms with Gasteiger partial charge in [-0.05, 0) is 57.5 Å². The van der Waals surface area contributed by atoms with Crippen LogP contribution in [-0.4, -0.2) is 37.1 Å². The Morgan fingerprint density at radius 3 is 2.71 bits per heavy atom. The fourth-order valence-corrected chi connectivity index (χ4v) is 2.72. The third kappa shape index (κ3) is 5.87. The predicted octanol–water partition coefficient (Wildman–Crippen LogP) is 3.13. The second kappa shape index (κ2) is 8.10. The normalized spacial score (nSPS) is 26.6. The smallest absolute Gasteiger partial charge is 0.0110 e. The van der Waals surface area contributed by atoms with Crippen LogP contribution in [0.3, 0.4) is 0 Å². The van der Waals surface area contributed by atoms with Crippen molar-refractivity contribution < 1.29 is 0 Å². The number of likely N-dealkylation sites (tertiary alicyclic amines) is 1. The highest BCUT2D eigenvalue weighted by Gasteiger charge is 2.23. The van der Waals surface area contributed by atoms with Gasteiger partial charge in [0.05, 0.1) is 0 Å². The molecule has 0 aromatic carbocycles. The first-order valence-corrected chi connectivity index (χ1v) is 7.56. The van der Waals surface area contributed by atoms with E-state index < -0.39 is 0 Å². The van der Waals surface area contributed by atoms with Crippen molar-refractivity contribution in [1.82, 2.24) is 10.2 Å². The van der Waals surface area contributed by atoms with Crippen molar-refractivity contribution in [2.75, 3.05) is 26.2 Å². The molecule has 1 aliphatic heterocycles. The first-order chi connectivity index (χ1) is 8.11. The van der Waals surface area contributed by atoms with E-state index in [2.05, 4.69) is 37.9 Å². The van der Waals surface area contributed by atoms with E-state index in [1.165, 1.54) is 45.3 Å². The largest absolute Gasteiger partial charge is 0.315 e. The van der Waals surface area contributed by atoms with E-state index in [4.69, 9.17) is 0 Å². The first kappa shape index (κ1) is 15.0. The summed E-state index contributed by atoms with van der Waals surface area (Å²) in [5.41, 5.74) is 0. The molecule has 1 N–H and O–H groups in total. The summed E-state index contributed by atoms with van der Waals surface area (Å²) in [4.78, 5) is 2.66. The van der Waals surface area contributed by atoms with Gasteiger partial charge in [-0.25, -0.2) is 0 Å². The molecule has 17 heavy (non-hydrogen) atoms. The van der Waals surface area contributed by atoms with Gasteiger partial charge in [0.25, 0.3) is 0 Å². The van der Waals surface area contributed by atoms with E-state index in [9.17, 15) is 0 Å². The molecule has 0 radical (unpaired) electrons. The molecule has 102 valence electrons. The van der Waals surface area contributed by atoms with Gasteiger partial charge in [0.1, 0.15) is 0 Å². The Morgan fingerprint density at radius 1 is 1.24 bits per heavy atom. The lowest BCUT2D eigenvalue weighted by atomic mass is 9.92. The van der Waals surface area contributed by atoms with Gasteiger partial charge < -0.3 is 5.32 Å². The molecule has 1 heterocycles. The SMILES string of the molecule is CC(C)CCCNCCN1CCCC(C)C1C. The lowest BCUT2D eigenvalue weighted by Crippen LogP contribution is -2.45. The second-order valence-electron chi connectivity index (χ2n) is 6.18. The van der Waals surface area contributed by atoms with Gasteiger partial charge in [0, 0.05) is 19.1 Å². The third-order valence-corrected chi connectivity index (χ3v) is 4.22. The van der Waals surface area contributed by atoms with Gasteiger partial charge in [-0.1, -0.05) is 20.8 Å². The van der Waals surface area contributed by atoms with Gasteiger partial charge in [-0.3, -0.25) is 4.90 Å². The van der Waals surface area contributed by atoms with E-state index in [1.54, 1.807) is 0 Å². The molecule has 1 fully saturated rings. The van der Waals surface area contributed by atoms with E-state index in [0.29, 0.717) is 0 Å². The molecule has 2 unspecified atom stereocenters. The summed E-state index contributed by atoms with van der Waals surface area (Å²) in [6, 6.07) is 0.779. The van der Waals surface area contributed by atoms with E-state index in [0.717, 1.165) is 24.4 Å². The van der Waals surface area contributed by atoms with Crippen molar-refractivity contribution in [3.8, 4) is 0 Å². The van der Waals surface area contributed by atoms with Crippen molar-refractivity contribution in [2.45, 2.75) is 59.4 Å².